The molecule has 1 aromatic heterocycles. The van der Waals surface area contributed by atoms with E-state index in [1.165, 1.54) is 35.2 Å². The number of hydrogen-bond donors (Lipinski definition) is 1. The quantitative estimate of drug-likeness (QED) is 0.253. The predicted molar refractivity (Wildman–Crippen MR) is 125 cm³/mol. The first kappa shape index (κ1) is 21.2. The van der Waals surface area contributed by atoms with Crippen LogP contribution in [0.5, 0.6) is 11.5 Å². The van der Waals surface area contributed by atoms with Crippen molar-refractivity contribution >= 4 is 46.9 Å². The van der Waals surface area contributed by atoms with Gasteiger partial charge in [0, 0.05) is 5.69 Å². The average molecular weight is 470 g/mol. The van der Waals surface area contributed by atoms with E-state index in [0.717, 1.165) is 5.75 Å². The number of rotatable bonds is 7. The van der Waals surface area contributed by atoms with Crippen LogP contribution < -0.4 is 10.1 Å². The number of hydrogen-bond acceptors (Lipinski definition) is 6. The second-order valence-electron chi connectivity index (χ2n) is 6.30. The molecule has 0 spiro atoms. The van der Waals surface area contributed by atoms with Gasteiger partial charge in [-0.15, -0.1) is 5.10 Å². The van der Waals surface area contributed by atoms with Crippen LogP contribution in [0.3, 0.4) is 0 Å². The maximum absolute atomic E-state index is 13.1. The standard InChI is InChI=1S/C22H16FN3O2S3/c23-15-6-10-17(11-7-15)26-22(29)31-21(25-26)30-14-20(27)24-16-8-12-19(13-9-16)28-18-4-2-1-3-5-18/h1-13H,14H2,(H,24,27). The molecule has 0 bridgehead atoms. The first-order chi connectivity index (χ1) is 15.1. The Bertz CT molecular complexity index is 1220. The minimum atomic E-state index is -0.323. The van der Waals surface area contributed by atoms with E-state index in [0.29, 0.717) is 25.4 Å². The van der Waals surface area contributed by atoms with Gasteiger partial charge in [0.25, 0.3) is 0 Å². The molecule has 4 rings (SSSR count). The molecular formula is C22H16FN3O2S3. The lowest BCUT2D eigenvalue weighted by Crippen LogP contribution is -2.13. The van der Waals surface area contributed by atoms with Gasteiger partial charge in [0.2, 0.25) is 5.91 Å². The molecule has 9 heteroatoms. The molecule has 4 aromatic rings. The van der Waals surface area contributed by atoms with Crippen LogP contribution in [0.15, 0.2) is 83.2 Å². The lowest BCUT2D eigenvalue weighted by Gasteiger charge is -2.07. The summed E-state index contributed by atoms with van der Waals surface area (Å²) in [6, 6.07) is 22.6. The molecule has 0 saturated heterocycles. The second kappa shape index (κ2) is 9.86. The van der Waals surface area contributed by atoms with Gasteiger partial charge in [-0.25, -0.2) is 9.07 Å². The first-order valence-electron chi connectivity index (χ1n) is 9.18. The third-order valence-electron chi connectivity index (χ3n) is 4.04. The number of aromatic nitrogens is 2. The SMILES string of the molecule is O=C(CSc1nn(-c2ccc(F)cc2)c(=S)s1)Nc1ccc(Oc2ccccc2)cc1. The van der Waals surface area contributed by atoms with E-state index in [2.05, 4.69) is 10.4 Å². The number of nitrogens with one attached hydrogen (secondary N) is 1. The summed E-state index contributed by atoms with van der Waals surface area (Å²) in [5, 5.41) is 7.26. The molecule has 1 heterocycles. The summed E-state index contributed by atoms with van der Waals surface area (Å²) in [5.74, 6) is 1.14. The molecular weight excluding hydrogens is 453 g/mol. The fraction of sp³-hybridized carbons (Fsp3) is 0.0455. The highest BCUT2D eigenvalue weighted by atomic mass is 32.2. The normalized spacial score (nSPS) is 10.6. The van der Waals surface area contributed by atoms with Gasteiger partial charge in [0.05, 0.1) is 11.4 Å². The van der Waals surface area contributed by atoms with Crippen LogP contribution in [0.4, 0.5) is 10.1 Å². The van der Waals surface area contributed by atoms with Gasteiger partial charge in [-0.2, -0.15) is 0 Å². The summed E-state index contributed by atoms with van der Waals surface area (Å²) in [7, 11) is 0. The van der Waals surface area contributed by atoms with Crippen molar-refractivity contribution in [2.75, 3.05) is 11.1 Å². The van der Waals surface area contributed by atoms with E-state index in [1.54, 1.807) is 41.1 Å². The van der Waals surface area contributed by atoms with Crippen molar-refractivity contribution in [2.24, 2.45) is 0 Å². The second-order valence-corrected chi connectivity index (χ2v) is 9.14. The lowest BCUT2D eigenvalue weighted by atomic mass is 10.3. The third kappa shape index (κ3) is 5.78. The largest absolute Gasteiger partial charge is 0.457 e. The van der Waals surface area contributed by atoms with Crippen molar-refractivity contribution in [2.45, 2.75) is 4.34 Å². The first-order valence-corrected chi connectivity index (χ1v) is 11.4. The smallest absolute Gasteiger partial charge is 0.234 e. The number of anilines is 1. The van der Waals surface area contributed by atoms with Crippen molar-refractivity contribution in [3.63, 3.8) is 0 Å². The van der Waals surface area contributed by atoms with Crippen molar-refractivity contribution in [3.8, 4) is 17.2 Å². The zero-order valence-corrected chi connectivity index (χ0v) is 18.5. The van der Waals surface area contributed by atoms with Crippen LogP contribution in [0, 0.1) is 9.77 Å². The molecule has 31 heavy (non-hydrogen) atoms. The molecule has 0 aliphatic carbocycles. The number of thioether (sulfide) groups is 1. The van der Waals surface area contributed by atoms with E-state index in [-0.39, 0.29) is 17.5 Å². The maximum Gasteiger partial charge on any atom is 0.234 e. The van der Waals surface area contributed by atoms with Crippen LogP contribution in [0.2, 0.25) is 0 Å². The molecule has 0 atom stereocenters. The van der Waals surface area contributed by atoms with E-state index >= 15 is 0 Å². The van der Waals surface area contributed by atoms with Gasteiger partial charge in [0.15, 0.2) is 8.29 Å². The predicted octanol–water partition coefficient (Wildman–Crippen LogP) is 6.33. The summed E-state index contributed by atoms with van der Waals surface area (Å²) < 4.78 is 21.6. The summed E-state index contributed by atoms with van der Waals surface area (Å²) >= 11 is 7.93. The maximum atomic E-state index is 13.1. The Labute approximate surface area is 191 Å². The molecule has 0 unspecified atom stereocenters. The molecule has 5 nitrogen and oxygen atoms in total. The van der Waals surface area contributed by atoms with Crippen LogP contribution in [0.25, 0.3) is 5.69 Å². The van der Waals surface area contributed by atoms with Crippen molar-refractivity contribution in [1.82, 2.24) is 9.78 Å². The van der Waals surface area contributed by atoms with Crippen LogP contribution in [-0.2, 0) is 4.79 Å². The average Bonchev–Trinajstić information content (AvgIpc) is 3.15. The minimum absolute atomic E-state index is 0.156. The topological polar surface area (TPSA) is 56.2 Å². The van der Waals surface area contributed by atoms with E-state index in [1.807, 2.05) is 30.3 Å². The van der Waals surface area contributed by atoms with Crippen molar-refractivity contribution < 1.29 is 13.9 Å². The van der Waals surface area contributed by atoms with Gasteiger partial charge in [-0.1, -0.05) is 41.3 Å². The molecule has 0 fully saturated rings. The van der Waals surface area contributed by atoms with Gasteiger partial charge >= 0.3 is 0 Å². The van der Waals surface area contributed by atoms with Gasteiger partial charge in [-0.05, 0) is 72.9 Å². The number of carbonyl (C=O) groups excluding carboxylic acids is 1. The van der Waals surface area contributed by atoms with E-state index in [4.69, 9.17) is 17.0 Å². The summed E-state index contributed by atoms with van der Waals surface area (Å²) in [5.41, 5.74) is 1.35. The summed E-state index contributed by atoms with van der Waals surface area (Å²) in [4.78, 5) is 12.3. The third-order valence-corrected chi connectivity index (χ3v) is 6.41. The monoisotopic (exact) mass is 469 g/mol. The van der Waals surface area contributed by atoms with Crippen molar-refractivity contribution in [3.05, 3.63) is 88.6 Å². The number of para-hydroxylation sites is 1. The molecule has 1 N–H and O–H groups in total. The summed E-state index contributed by atoms with van der Waals surface area (Å²) in [6.07, 6.45) is 0. The highest BCUT2D eigenvalue weighted by Crippen LogP contribution is 2.25. The lowest BCUT2D eigenvalue weighted by molar-refractivity contribution is -0.113. The zero-order valence-electron chi connectivity index (χ0n) is 16.0. The van der Waals surface area contributed by atoms with Crippen LogP contribution in [-0.4, -0.2) is 21.4 Å². The molecule has 1 amide bonds. The number of halogens is 1. The summed E-state index contributed by atoms with van der Waals surface area (Å²) in [6.45, 7) is 0. The van der Waals surface area contributed by atoms with E-state index in [9.17, 15) is 9.18 Å². The Morgan fingerprint density at radius 1 is 1.03 bits per heavy atom. The van der Waals surface area contributed by atoms with Crippen LogP contribution >= 0.6 is 35.3 Å². The highest BCUT2D eigenvalue weighted by molar-refractivity contribution is 8.01. The molecule has 0 radical (unpaired) electrons. The molecule has 0 saturated carbocycles. The molecule has 156 valence electrons. The Kier molecular flexibility index (Phi) is 6.76. The Morgan fingerprint density at radius 3 is 2.42 bits per heavy atom. The number of nitrogens with zero attached hydrogens (tertiary/aromatic N) is 2. The highest BCUT2D eigenvalue weighted by Gasteiger charge is 2.10. The number of ether oxygens (including phenoxy) is 1. The molecule has 0 aliphatic heterocycles. The number of carbonyl (C=O) groups is 1. The minimum Gasteiger partial charge on any atom is -0.457 e. The molecule has 0 aliphatic rings. The zero-order chi connectivity index (χ0) is 21.6. The Balaban J connectivity index is 1.32. The number of amides is 1. The number of benzene rings is 3. The van der Waals surface area contributed by atoms with Crippen molar-refractivity contribution in [1.29, 1.82) is 0 Å². The Hall–Kier alpha value is -3.01. The fourth-order valence-corrected chi connectivity index (χ4v) is 4.78. The van der Waals surface area contributed by atoms with Gasteiger partial charge in [-0.3, -0.25) is 4.79 Å². The van der Waals surface area contributed by atoms with Gasteiger partial charge < -0.3 is 10.1 Å². The van der Waals surface area contributed by atoms with Crippen LogP contribution in [0.1, 0.15) is 0 Å². The molecule has 3 aromatic carbocycles. The van der Waals surface area contributed by atoms with E-state index < -0.39 is 0 Å². The fourth-order valence-electron chi connectivity index (χ4n) is 2.62. The Morgan fingerprint density at radius 2 is 1.71 bits per heavy atom. The van der Waals surface area contributed by atoms with Gasteiger partial charge in [0.1, 0.15) is 17.3 Å².